The van der Waals surface area contributed by atoms with E-state index >= 15 is 0 Å². The van der Waals surface area contributed by atoms with Crippen molar-refractivity contribution in [3.63, 3.8) is 0 Å². The van der Waals surface area contributed by atoms with Crippen molar-refractivity contribution < 1.29 is 17.6 Å². The van der Waals surface area contributed by atoms with Gasteiger partial charge in [-0.15, -0.1) is 0 Å². The molecular formula is C14H11F4N. The number of hydrogen-bond donors (Lipinski definition) is 1. The molecule has 1 nitrogen and oxygen atoms in total. The highest BCUT2D eigenvalue weighted by Gasteiger charge is 2.33. The molecule has 2 aromatic carbocycles. The molecule has 100 valence electrons. The average Bonchev–Trinajstić information content (AvgIpc) is 2.37. The molecule has 0 aliphatic rings. The first-order valence-corrected chi connectivity index (χ1v) is 5.58. The molecule has 0 saturated heterocycles. The highest BCUT2D eigenvalue weighted by Crippen LogP contribution is 2.38. The summed E-state index contributed by atoms with van der Waals surface area (Å²) < 4.78 is 51.9. The molecule has 2 rings (SSSR count). The third kappa shape index (κ3) is 2.76. The normalized spacial score (nSPS) is 11.6. The van der Waals surface area contributed by atoms with Gasteiger partial charge < -0.3 is 5.73 Å². The van der Waals surface area contributed by atoms with Gasteiger partial charge in [-0.1, -0.05) is 24.3 Å². The van der Waals surface area contributed by atoms with E-state index in [9.17, 15) is 17.6 Å². The summed E-state index contributed by atoms with van der Waals surface area (Å²) in [6.45, 7) is -0.0285. The zero-order valence-corrected chi connectivity index (χ0v) is 9.84. The highest BCUT2D eigenvalue weighted by atomic mass is 19.4. The summed E-state index contributed by atoms with van der Waals surface area (Å²) in [5.74, 6) is -0.520. The number of nitrogens with two attached hydrogens (primary N) is 1. The molecule has 0 spiro atoms. The van der Waals surface area contributed by atoms with Gasteiger partial charge in [-0.2, -0.15) is 13.2 Å². The first kappa shape index (κ1) is 13.5. The van der Waals surface area contributed by atoms with Gasteiger partial charge in [0.15, 0.2) is 0 Å². The van der Waals surface area contributed by atoms with Crippen molar-refractivity contribution in [2.24, 2.45) is 5.73 Å². The number of rotatable bonds is 2. The Morgan fingerprint density at radius 3 is 2.26 bits per heavy atom. The fourth-order valence-electron chi connectivity index (χ4n) is 1.96. The smallest absolute Gasteiger partial charge is 0.326 e. The van der Waals surface area contributed by atoms with Crippen molar-refractivity contribution in [3.8, 4) is 11.1 Å². The first-order chi connectivity index (χ1) is 8.93. The summed E-state index contributed by atoms with van der Waals surface area (Å²) >= 11 is 0. The van der Waals surface area contributed by atoms with Crippen molar-refractivity contribution in [1.82, 2.24) is 0 Å². The minimum atomic E-state index is -4.46. The van der Waals surface area contributed by atoms with Crippen LogP contribution in [0.2, 0.25) is 0 Å². The first-order valence-electron chi connectivity index (χ1n) is 5.58. The Bertz CT molecular complexity index is 590. The van der Waals surface area contributed by atoms with E-state index in [0.29, 0.717) is 11.1 Å². The average molecular weight is 269 g/mol. The summed E-state index contributed by atoms with van der Waals surface area (Å²) in [4.78, 5) is 0. The van der Waals surface area contributed by atoms with Crippen LogP contribution >= 0.6 is 0 Å². The molecule has 2 N–H and O–H groups in total. The van der Waals surface area contributed by atoms with Crippen LogP contribution in [0.1, 0.15) is 11.1 Å². The zero-order valence-electron chi connectivity index (χ0n) is 9.84. The monoisotopic (exact) mass is 269 g/mol. The Morgan fingerprint density at radius 1 is 0.947 bits per heavy atom. The molecule has 0 bridgehead atoms. The quantitative estimate of drug-likeness (QED) is 0.820. The minimum absolute atomic E-state index is 0.00968. The summed E-state index contributed by atoms with van der Waals surface area (Å²) in [6.07, 6.45) is -4.46. The van der Waals surface area contributed by atoms with E-state index in [-0.39, 0.29) is 12.1 Å². The van der Waals surface area contributed by atoms with Crippen LogP contribution < -0.4 is 5.73 Å². The summed E-state index contributed by atoms with van der Waals surface area (Å²) in [5, 5.41) is 0. The summed E-state index contributed by atoms with van der Waals surface area (Å²) in [6, 6.07) is 8.78. The van der Waals surface area contributed by atoms with Gasteiger partial charge in [0.25, 0.3) is 0 Å². The molecule has 2 aromatic rings. The highest BCUT2D eigenvalue weighted by molar-refractivity contribution is 5.71. The molecule has 0 unspecified atom stereocenters. The van der Waals surface area contributed by atoms with E-state index in [4.69, 9.17) is 5.73 Å². The maximum absolute atomic E-state index is 13.1. The van der Waals surface area contributed by atoms with Crippen LogP contribution in [-0.4, -0.2) is 0 Å². The molecular weight excluding hydrogens is 258 g/mol. The van der Waals surface area contributed by atoms with Gasteiger partial charge in [-0.25, -0.2) is 4.39 Å². The van der Waals surface area contributed by atoms with Gasteiger partial charge in [-0.05, 0) is 34.9 Å². The number of benzene rings is 2. The molecule has 0 heterocycles. The molecule has 0 atom stereocenters. The van der Waals surface area contributed by atoms with Gasteiger partial charge in [0, 0.05) is 6.54 Å². The second kappa shape index (κ2) is 5.01. The molecule has 0 aliphatic carbocycles. The maximum atomic E-state index is 13.1. The van der Waals surface area contributed by atoms with Crippen LogP contribution in [0.4, 0.5) is 17.6 Å². The van der Waals surface area contributed by atoms with Crippen LogP contribution in [0.15, 0.2) is 42.5 Å². The lowest BCUT2D eigenvalue weighted by atomic mass is 9.95. The molecule has 0 amide bonds. The van der Waals surface area contributed by atoms with Crippen molar-refractivity contribution >= 4 is 0 Å². The van der Waals surface area contributed by atoms with Crippen LogP contribution in [0.25, 0.3) is 11.1 Å². The van der Waals surface area contributed by atoms with Gasteiger partial charge in [0.2, 0.25) is 0 Å². The largest absolute Gasteiger partial charge is 0.417 e. The number of halogens is 4. The molecule has 0 aliphatic heterocycles. The third-order valence-corrected chi connectivity index (χ3v) is 2.81. The van der Waals surface area contributed by atoms with Crippen molar-refractivity contribution in [2.45, 2.75) is 12.7 Å². The Balaban J connectivity index is 2.66. The van der Waals surface area contributed by atoms with Gasteiger partial charge >= 0.3 is 6.18 Å². The van der Waals surface area contributed by atoms with E-state index in [0.717, 1.165) is 18.2 Å². The molecule has 0 radical (unpaired) electrons. The molecule has 0 saturated carbocycles. The van der Waals surface area contributed by atoms with Crippen molar-refractivity contribution in [2.75, 3.05) is 0 Å². The Kier molecular flexibility index (Phi) is 3.57. The maximum Gasteiger partial charge on any atom is 0.417 e. The standard InChI is InChI=1S/C14H11F4N/c15-10-5-6-11(9(7-10)8-19)12-3-1-2-4-13(12)14(16,17)18/h1-7H,8,19H2. The SMILES string of the molecule is NCc1cc(F)ccc1-c1ccccc1C(F)(F)F. The van der Waals surface area contributed by atoms with E-state index < -0.39 is 17.6 Å². The van der Waals surface area contributed by atoms with E-state index in [1.807, 2.05) is 0 Å². The molecule has 5 heteroatoms. The second-order valence-corrected chi connectivity index (χ2v) is 4.05. The van der Waals surface area contributed by atoms with Gasteiger partial charge in [-0.3, -0.25) is 0 Å². The predicted octanol–water partition coefficient (Wildman–Crippen LogP) is 3.97. The molecule has 0 aromatic heterocycles. The van der Waals surface area contributed by atoms with Crippen LogP contribution in [-0.2, 0) is 12.7 Å². The third-order valence-electron chi connectivity index (χ3n) is 2.81. The number of alkyl halides is 3. The van der Waals surface area contributed by atoms with Gasteiger partial charge in [0.1, 0.15) is 5.82 Å². The molecule has 0 fully saturated rings. The lowest BCUT2D eigenvalue weighted by Crippen LogP contribution is -2.08. The van der Waals surface area contributed by atoms with Crippen LogP contribution in [0.5, 0.6) is 0 Å². The topological polar surface area (TPSA) is 26.0 Å². The lowest BCUT2D eigenvalue weighted by Gasteiger charge is -2.15. The summed E-state index contributed by atoms with van der Waals surface area (Å²) in [5.41, 5.74) is 5.37. The van der Waals surface area contributed by atoms with Crippen LogP contribution in [0, 0.1) is 5.82 Å². The van der Waals surface area contributed by atoms with Crippen molar-refractivity contribution in [1.29, 1.82) is 0 Å². The van der Waals surface area contributed by atoms with E-state index in [2.05, 4.69) is 0 Å². The predicted molar refractivity (Wildman–Crippen MR) is 64.7 cm³/mol. The number of hydrogen-bond acceptors (Lipinski definition) is 1. The Labute approximate surface area is 107 Å². The van der Waals surface area contributed by atoms with E-state index in [1.54, 1.807) is 0 Å². The Hall–Kier alpha value is -1.88. The van der Waals surface area contributed by atoms with Crippen molar-refractivity contribution in [3.05, 3.63) is 59.4 Å². The Morgan fingerprint density at radius 2 is 1.63 bits per heavy atom. The molecule has 19 heavy (non-hydrogen) atoms. The fourth-order valence-corrected chi connectivity index (χ4v) is 1.96. The summed E-state index contributed by atoms with van der Waals surface area (Å²) in [7, 11) is 0. The fraction of sp³-hybridized carbons (Fsp3) is 0.143. The van der Waals surface area contributed by atoms with Crippen LogP contribution in [0.3, 0.4) is 0 Å². The zero-order chi connectivity index (χ0) is 14.0. The second-order valence-electron chi connectivity index (χ2n) is 4.05. The minimum Gasteiger partial charge on any atom is -0.326 e. The van der Waals surface area contributed by atoms with Gasteiger partial charge in [0.05, 0.1) is 5.56 Å². The van der Waals surface area contributed by atoms with E-state index in [1.165, 1.54) is 24.3 Å². The lowest BCUT2D eigenvalue weighted by molar-refractivity contribution is -0.137.